The van der Waals surface area contributed by atoms with E-state index in [1.165, 1.54) is 0 Å². The Bertz CT molecular complexity index is 280. The molecule has 0 radical (unpaired) electrons. The Hall–Kier alpha value is -0.330. The molecule has 0 amide bonds. The van der Waals surface area contributed by atoms with E-state index in [1.54, 1.807) is 0 Å². The molecule has 19 heavy (non-hydrogen) atoms. The summed E-state index contributed by atoms with van der Waals surface area (Å²) in [6, 6.07) is -0.754. The zero-order chi connectivity index (χ0) is 13.9. The van der Waals surface area contributed by atoms with Crippen LogP contribution in [0.25, 0.3) is 0 Å². The fraction of sp³-hybridized carbons (Fsp3) is 1.00. The van der Waals surface area contributed by atoms with Crippen molar-refractivity contribution in [1.82, 2.24) is 10.2 Å². The highest BCUT2D eigenvalue weighted by Crippen LogP contribution is 2.30. The quantitative estimate of drug-likeness (QED) is 0.827. The molecular formula is C13H23F3N2O. The number of hydrogen-bond donors (Lipinski definition) is 2. The molecule has 0 saturated carbocycles. The van der Waals surface area contributed by atoms with Crippen molar-refractivity contribution in [3.05, 3.63) is 0 Å². The van der Waals surface area contributed by atoms with Crippen LogP contribution in [0.5, 0.6) is 0 Å². The van der Waals surface area contributed by atoms with E-state index in [1.807, 2.05) is 4.90 Å². The van der Waals surface area contributed by atoms with Crippen LogP contribution in [-0.2, 0) is 0 Å². The minimum Gasteiger partial charge on any atom is -0.382 e. The normalized spacial score (nSPS) is 32.2. The number of piperidine rings is 2. The first-order valence-electron chi connectivity index (χ1n) is 7.18. The summed E-state index contributed by atoms with van der Waals surface area (Å²) in [5, 5.41) is 12.8. The van der Waals surface area contributed by atoms with Gasteiger partial charge in [0.15, 0.2) is 6.10 Å². The van der Waals surface area contributed by atoms with Gasteiger partial charge in [0.25, 0.3) is 0 Å². The van der Waals surface area contributed by atoms with Gasteiger partial charge in [0.1, 0.15) is 0 Å². The van der Waals surface area contributed by atoms with Crippen LogP contribution < -0.4 is 5.32 Å². The molecule has 6 heteroatoms. The second kappa shape index (κ2) is 6.41. The molecule has 3 atom stereocenters. The Morgan fingerprint density at radius 2 is 2.00 bits per heavy atom. The van der Waals surface area contributed by atoms with Gasteiger partial charge in [0.05, 0.1) is 0 Å². The van der Waals surface area contributed by atoms with Crippen LogP contribution >= 0.6 is 0 Å². The molecule has 3 nitrogen and oxygen atoms in total. The summed E-state index contributed by atoms with van der Waals surface area (Å²) < 4.78 is 38.1. The lowest BCUT2D eigenvalue weighted by atomic mass is 9.93. The molecule has 0 aromatic rings. The van der Waals surface area contributed by atoms with E-state index in [4.69, 9.17) is 0 Å². The lowest BCUT2D eigenvalue weighted by Crippen LogP contribution is -2.54. The molecule has 2 N–H and O–H groups in total. The van der Waals surface area contributed by atoms with E-state index < -0.39 is 18.3 Å². The third-order valence-electron chi connectivity index (χ3n) is 4.26. The minimum atomic E-state index is -4.51. The van der Waals surface area contributed by atoms with E-state index >= 15 is 0 Å². The summed E-state index contributed by atoms with van der Waals surface area (Å²) in [5.74, 6) is 0.412. The monoisotopic (exact) mass is 280 g/mol. The lowest BCUT2D eigenvalue weighted by molar-refractivity contribution is -0.225. The van der Waals surface area contributed by atoms with Gasteiger partial charge in [0, 0.05) is 12.6 Å². The van der Waals surface area contributed by atoms with Crippen molar-refractivity contribution in [1.29, 1.82) is 0 Å². The molecule has 2 aliphatic rings. The number of alkyl halides is 3. The largest absolute Gasteiger partial charge is 0.415 e. The van der Waals surface area contributed by atoms with Crippen LogP contribution in [0.2, 0.25) is 0 Å². The number of hydrogen-bond acceptors (Lipinski definition) is 3. The van der Waals surface area contributed by atoms with E-state index in [0.29, 0.717) is 25.4 Å². The van der Waals surface area contributed by atoms with Crippen molar-refractivity contribution in [3.8, 4) is 0 Å². The highest BCUT2D eigenvalue weighted by atomic mass is 19.4. The number of nitrogens with zero attached hydrogens (tertiary/aromatic N) is 1. The highest BCUT2D eigenvalue weighted by molar-refractivity contribution is 4.88. The summed E-state index contributed by atoms with van der Waals surface area (Å²) in [7, 11) is 0. The van der Waals surface area contributed by atoms with Crippen molar-refractivity contribution in [3.63, 3.8) is 0 Å². The summed E-state index contributed by atoms with van der Waals surface area (Å²) >= 11 is 0. The van der Waals surface area contributed by atoms with Crippen LogP contribution in [0.4, 0.5) is 13.2 Å². The first-order valence-corrected chi connectivity index (χ1v) is 7.18. The van der Waals surface area contributed by atoms with Gasteiger partial charge in [-0.3, -0.25) is 4.90 Å². The maximum Gasteiger partial charge on any atom is 0.415 e. The molecular weight excluding hydrogens is 257 g/mol. The average Bonchev–Trinajstić information content (AvgIpc) is 2.39. The third-order valence-corrected chi connectivity index (χ3v) is 4.26. The number of nitrogens with one attached hydrogen (secondary N) is 1. The van der Waals surface area contributed by atoms with Gasteiger partial charge in [-0.2, -0.15) is 13.2 Å². The fourth-order valence-corrected chi connectivity index (χ4v) is 3.23. The van der Waals surface area contributed by atoms with Crippen molar-refractivity contribution in [2.45, 2.75) is 50.4 Å². The summed E-state index contributed by atoms with van der Waals surface area (Å²) in [6.07, 6.45) is -2.41. The molecule has 0 aliphatic carbocycles. The SMILES string of the molecule is OC(C1CCCCN1CC1CCCNC1)C(F)(F)F. The zero-order valence-electron chi connectivity index (χ0n) is 11.1. The van der Waals surface area contributed by atoms with Crippen LogP contribution in [0, 0.1) is 5.92 Å². The van der Waals surface area contributed by atoms with E-state index in [0.717, 1.165) is 38.8 Å². The third kappa shape index (κ3) is 4.07. The lowest BCUT2D eigenvalue weighted by Gasteiger charge is -2.41. The molecule has 2 saturated heterocycles. The maximum atomic E-state index is 12.7. The van der Waals surface area contributed by atoms with Crippen LogP contribution in [0.3, 0.4) is 0 Å². The van der Waals surface area contributed by atoms with Crippen molar-refractivity contribution >= 4 is 0 Å². The first-order chi connectivity index (χ1) is 8.98. The van der Waals surface area contributed by atoms with Crippen molar-refractivity contribution < 1.29 is 18.3 Å². The number of halogens is 3. The van der Waals surface area contributed by atoms with Crippen LogP contribution in [0.15, 0.2) is 0 Å². The molecule has 0 aromatic carbocycles. The zero-order valence-corrected chi connectivity index (χ0v) is 11.1. The standard InChI is InChI=1S/C13H23F3N2O/c14-13(15,16)12(19)11-5-1-2-7-18(11)9-10-4-3-6-17-8-10/h10-12,17,19H,1-9H2. The van der Waals surface area contributed by atoms with Gasteiger partial charge in [0.2, 0.25) is 0 Å². The molecule has 2 aliphatic heterocycles. The molecule has 2 fully saturated rings. The van der Waals surface area contributed by atoms with Crippen LogP contribution in [-0.4, -0.2) is 54.5 Å². The number of likely N-dealkylation sites (tertiary alicyclic amines) is 1. The number of aliphatic hydroxyl groups excluding tert-OH is 1. The molecule has 2 heterocycles. The second-order valence-electron chi connectivity index (χ2n) is 5.76. The fourth-order valence-electron chi connectivity index (χ4n) is 3.23. The van der Waals surface area contributed by atoms with E-state index in [-0.39, 0.29) is 0 Å². The minimum absolute atomic E-state index is 0.412. The smallest absolute Gasteiger partial charge is 0.382 e. The topological polar surface area (TPSA) is 35.5 Å². The molecule has 0 spiro atoms. The molecule has 3 unspecified atom stereocenters. The first kappa shape index (κ1) is 15.1. The predicted molar refractivity (Wildman–Crippen MR) is 66.9 cm³/mol. The molecule has 2 rings (SSSR count). The van der Waals surface area contributed by atoms with Gasteiger partial charge >= 0.3 is 6.18 Å². The Morgan fingerprint density at radius 1 is 1.21 bits per heavy atom. The summed E-state index contributed by atoms with van der Waals surface area (Å²) in [6.45, 7) is 3.23. The van der Waals surface area contributed by atoms with Gasteiger partial charge in [-0.15, -0.1) is 0 Å². The number of rotatable bonds is 3. The van der Waals surface area contributed by atoms with E-state index in [2.05, 4.69) is 5.32 Å². The maximum absolute atomic E-state index is 12.7. The van der Waals surface area contributed by atoms with Gasteiger partial charge in [-0.05, 0) is 51.2 Å². The Morgan fingerprint density at radius 3 is 2.63 bits per heavy atom. The Labute approximate surface area is 112 Å². The van der Waals surface area contributed by atoms with Gasteiger partial charge in [-0.25, -0.2) is 0 Å². The predicted octanol–water partition coefficient (Wildman–Crippen LogP) is 1.76. The summed E-state index contributed by atoms with van der Waals surface area (Å²) in [5.41, 5.74) is 0. The highest BCUT2D eigenvalue weighted by Gasteiger charge is 2.46. The Balaban J connectivity index is 1.95. The van der Waals surface area contributed by atoms with Gasteiger partial charge < -0.3 is 10.4 Å². The van der Waals surface area contributed by atoms with Crippen molar-refractivity contribution in [2.75, 3.05) is 26.2 Å². The molecule has 112 valence electrons. The summed E-state index contributed by atoms with van der Waals surface area (Å²) in [4.78, 5) is 1.86. The second-order valence-corrected chi connectivity index (χ2v) is 5.76. The average molecular weight is 280 g/mol. The molecule has 0 bridgehead atoms. The molecule has 0 aromatic heterocycles. The number of aliphatic hydroxyl groups is 1. The van der Waals surface area contributed by atoms with Gasteiger partial charge in [-0.1, -0.05) is 6.42 Å². The van der Waals surface area contributed by atoms with Crippen LogP contribution in [0.1, 0.15) is 32.1 Å². The van der Waals surface area contributed by atoms with Crippen molar-refractivity contribution in [2.24, 2.45) is 5.92 Å². The van der Waals surface area contributed by atoms with E-state index in [9.17, 15) is 18.3 Å². The Kier molecular flexibility index (Phi) is 5.09.